The number of hydrogen-bond acceptors (Lipinski definition) is 3. The molecule has 0 unspecified atom stereocenters. The molecular formula is C16H21Cl2FN2OS. The first-order chi connectivity index (χ1) is 10.6. The van der Waals surface area contributed by atoms with Crippen molar-refractivity contribution in [3.05, 3.63) is 33.9 Å². The first-order valence-corrected chi connectivity index (χ1v) is 8.64. The van der Waals surface area contributed by atoms with Crippen LogP contribution in [-0.2, 0) is 0 Å². The van der Waals surface area contributed by atoms with Gasteiger partial charge in [-0.05, 0) is 44.3 Å². The van der Waals surface area contributed by atoms with Gasteiger partial charge in [0.05, 0.1) is 5.02 Å². The van der Waals surface area contributed by atoms with Crippen molar-refractivity contribution in [2.24, 2.45) is 0 Å². The Hall–Kier alpha value is -0.880. The van der Waals surface area contributed by atoms with E-state index < -0.39 is 0 Å². The molecule has 1 heterocycles. The van der Waals surface area contributed by atoms with E-state index in [0.29, 0.717) is 21.1 Å². The van der Waals surface area contributed by atoms with Crippen LogP contribution < -0.4 is 5.32 Å². The maximum absolute atomic E-state index is 13.2. The molecule has 0 fully saturated rings. The zero-order chi connectivity index (χ0) is 16.1. The summed E-state index contributed by atoms with van der Waals surface area (Å²) in [6, 6.07) is 4.37. The van der Waals surface area contributed by atoms with Gasteiger partial charge in [0.1, 0.15) is 10.7 Å². The molecule has 23 heavy (non-hydrogen) atoms. The van der Waals surface area contributed by atoms with Crippen LogP contribution in [0.3, 0.4) is 0 Å². The van der Waals surface area contributed by atoms with E-state index in [1.165, 1.54) is 23.5 Å². The highest BCUT2D eigenvalue weighted by Gasteiger charge is 2.17. The fourth-order valence-electron chi connectivity index (χ4n) is 2.31. The number of hydrogen-bond donors (Lipinski definition) is 1. The largest absolute Gasteiger partial charge is 0.351 e. The molecule has 0 spiro atoms. The molecule has 0 saturated carbocycles. The summed E-state index contributed by atoms with van der Waals surface area (Å²) in [5.41, 5.74) is 0. The molecule has 0 aliphatic carbocycles. The van der Waals surface area contributed by atoms with Gasteiger partial charge in [-0.1, -0.05) is 25.4 Å². The van der Waals surface area contributed by atoms with E-state index in [1.807, 2.05) is 0 Å². The second-order valence-corrected chi connectivity index (χ2v) is 6.45. The maximum atomic E-state index is 13.2. The summed E-state index contributed by atoms with van der Waals surface area (Å²) in [7, 11) is 0. The number of thiophene rings is 1. The van der Waals surface area contributed by atoms with E-state index in [9.17, 15) is 9.18 Å². The average Bonchev–Trinajstić information content (AvgIpc) is 2.83. The zero-order valence-corrected chi connectivity index (χ0v) is 15.6. The summed E-state index contributed by atoms with van der Waals surface area (Å²) in [4.78, 5) is 15.0. The highest BCUT2D eigenvalue weighted by molar-refractivity contribution is 7.21. The predicted molar refractivity (Wildman–Crippen MR) is 98.8 cm³/mol. The minimum Gasteiger partial charge on any atom is -0.351 e. The van der Waals surface area contributed by atoms with Crippen LogP contribution in [0.15, 0.2) is 18.2 Å². The Kier molecular flexibility index (Phi) is 8.26. The summed E-state index contributed by atoms with van der Waals surface area (Å²) in [5, 5.41) is 4.01. The van der Waals surface area contributed by atoms with Gasteiger partial charge >= 0.3 is 0 Å². The fourth-order valence-corrected chi connectivity index (χ4v) is 3.77. The summed E-state index contributed by atoms with van der Waals surface area (Å²) in [6.07, 6.45) is 0.893. The number of benzene rings is 1. The summed E-state index contributed by atoms with van der Waals surface area (Å²) in [5.74, 6) is -0.511. The SMILES string of the molecule is CCN(CC)CCCNC(=O)c1sc2cc(F)ccc2c1Cl.Cl. The van der Waals surface area contributed by atoms with E-state index in [-0.39, 0.29) is 24.1 Å². The number of rotatable bonds is 7. The van der Waals surface area contributed by atoms with Crippen molar-refractivity contribution in [3.8, 4) is 0 Å². The molecule has 7 heteroatoms. The lowest BCUT2D eigenvalue weighted by atomic mass is 10.2. The van der Waals surface area contributed by atoms with E-state index >= 15 is 0 Å². The Labute approximate surface area is 151 Å². The van der Waals surface area contributed by atoms with Crippen molar-refractivity contribution >= 4 is 51.3 Å². The third-order valence-corrected chi connectivity index (χ3v) is 5.28. The normalized spacial score (nSPS) is 10.8. The van der Waals surface area contributed by atoms with Gasteiger partial charge in [0.25, 0.3) is 5.91 Å². The standard InChI is InChI=1S/C16H20ClFN2OS.ClH/c1-3-20(4-2)9-5-8-19-16(21)15-14(17)12-7-6-11(18)10-13(12)22-15;/h6-7,10H,3-5,8-9H2,1-2H3,(H,19,21);1H. The van der Waals surface area contributed by atoms with E-state index in [4.69, 9.17) is 11.6 Å². The van der Waals surface area contributed by atoms with Crippen LogP contribution >= 0.6 is 35.3 Å². The van der Waals surface area contributed by atoms with Crippen LogP contribution in [0.2, 0.25) is 5.02 Å². The lowest BCUT2D eigenvalue weighted by Crippen LogP contribution is -2.29. The molecule has 3 nitrogen and oxygen atoms in total. The summed E-state index contributed by atoms with van der Waals surface area (Å²) < 4.78 is 13.9. The topological polar surface area (TPSA) is 32.3 Å². The van der Waals surface area contributed by atoms with Crippen molar-refractivity contribution < 1.29 is 9.18 Å². The van der Waals surface area contributed by atoms with E-state index in [0.717, 1.165) is 31.4 Å². The molecule has 0 bridgehead atoms. The molecule has 2 aromatic rings. The van der Waals surface area contributed by atoms with Crippen LogP contribution in [0.1, 0.15) is 29.9 Å². The molecule has 2 rings (SSSR count). The summed E-state index contributed by atoms with van der Waals surface area (Å²) >= 11 is 7.46. The average molecular weight is 379 g/mol. The molecule has 0 aliphatic heterocycles. The lowest BCUT2D eigenvalue weighted by Gasteiger charge is -2.17. The second-order valence-electron chi connectivity index (χ2n) is 5.02. The monoisotopic (exact) mass is 378 g/mol. The number of fused-ring (bicyclic) bond motifs is 1. The Morgan fingerprint density at radius 3 is 2.70 bits per heavy atom. The van der Waals surface area contributed by atoms with Crippen LogP contribution in [-0.4, -0.2) is 37.0 Å². The molecule has 1 amide bonds. The van der Waals surface area contributed by atoms with Crippen molar-refractivity contribution in [1.82, 2.24) is 10.2 Å². The highest BCUT2D eigenvalue weighted by Crippen LogP contribution is 2.35. The minimum absolute atomic E-state index is 0. The molecule has 0 aliphatic rings. The van der Waals surface area contributed by atoms with Crippen molar-refractivity contribution in [3.63, 3.8) is 0 Å². The van der Waals surface area contributed by atoms with E-state index in [1.54, 1.807) is 6.07 Å². The fraction of sp³-hybridized carbons (Fsp3) is 0.438. The zero-order valence-electron chi connectivity index (χ0n) is 13.2. The first-order valence-electron chi connectivity index (χ1n) is 7.44. The Balaban J connectivity index is 0.00000264. The molecule has 1 aromatic carbocycles. The third kappa shape index (κ3) is 5.05. The molecular weight excluding hydrogens is 358 g/mol. The molecule has 128 valence electrons. The van der Waals surface area contributed by atoms with Gasteiger partial charge in [0.2, 0.25) is 0 Å². The molecule has 0 saturated heterocycles. The number of nitrogens with zero attached hydrogens (tertiary/aromatic N) is 1. The second kappa shape index (κ2) is 9.42. The first kappa shape index (κ1) is 20.2. The minimum atomic E-state index is -0.323. The third-order valence-electron chi connectivity index (χ3n) is 3.63. The number of amides is 1. The van der Waals surface area contributed by atoms with Gasteiger partial charge in [-0.25, -0.2) is 4.39 Å². The quantitative estimate of drug-likeness (QED) is 0.715. The van der Waals surface area contributed by atoms with Crippen molar-refractivity contribution in [2.75, 3.05) is 26.2 Å². The van der Waals surface area contributed by atoms with Crippen molar-refractivity contribution in [1.29, 1.82) is 0 Å². The molecule has 0 atom stereocenters. The molecule has 0 radical (unpaired) electrons. The summed E-state index contributed by atoms with van der Waals surface area (Å²) in [6.45, 7) is 7.83. The van der Waals surface area contributed by atoms with Crippen LogP contribution in [0, 0.1) is 5.82 Å². The van der Waals surface area contributed by atoms with Gasteiger partial charge in [-0.3, -0.25) is 4.79 Å². The van der Waals surface area contributed by atoms with Crippen LogP contribution in [0.25, 0.3) is 10.1 Å². The smallest absolute Gasteiger partial charge is 0.262 e. The number of halogens is 3. The van der Waals surface area contributed by atoms with Gasteiger partial charge in [0, 0.05) is 16.6 Å². The Bertz CT molecular complexity index is 659. The Morgan fingerprint density at radius 2 is 2.04 bits per heavy atom. The molecule has 1 N–H and O–H groups in total. The van der Waals surface area contributed by atoms with Crippen molar-refractivity contribution in [2.45, 2.75) is 20.3 Å². The highest BCUT2D eigenvalue weighted by atomic mass is 35.5. The Morgan fingerprint density at radius 1 is 1.35 bits per heavy atom. The molecule has 1 aromatic heterocycles. The van der Waals surface area contributed by atoms with Gasteiger partial charge < -0.3 is 10.2 Å². The number of carbonyl (C=O) groups is 1. The van der Waals surface area contributed by atoms with E-state index in [2.05, 4.69) is 24.1 Å². The lowest BCUT2D eigenvalue weighted by molar-refractivity contribution is 0.0956. The van der Waals surface area contributed by atoms with Gasteiger partial charge in [-0.2, -0.15) is 0 Å². The maximum Gasteiger partial charge on any atom is 0.262 e. The van der Waals surface area contributed by atoms with Crippen LogP contribution in [0.4, 0.5) is 4.39 Å². The van der Waals surface area contributed by atoms with Gasteiger partial charge in [0.15, 0.2) is 0 Å². The van der Waals surface area contributed by atoms with Crippen LogP contribution in [0.5, 0.6) is 0 Å². The number of carbonyl (C=O) groups excluding carboxylic acids is 1. The predicted octanol–water partition coefficient (Wildman–Crippen LogP) is 4.58. The van der Waals surface area contributed by atoms with Gasteiger partial charge in [-0.15, -0.1) is 23.7 Å². The number of nitrogens with one attached hydrogen (secondary N) is 1.